The standard InChI is InChI=1S/C29H29N3O2/c1-31(28(33)23-10-6-3-7-11-23)26-19-24(18-22-8-4-2-5-9-22)27(30-20-26)12-15-29(34)21-32-16-13-25(29)14-17-32/h2-11,19-20,25,34H,13-14,16-18,21H2,1H3. The Bertz CT molecular complexity index is 1220. The highest BCUT2D eigenvalue weighted by Crippen LogP contribution is 2.35. The molecule has 4 heterocycles. The monoisotopic (exact) mass is 451 g/mol. The fraction of sp³-hybridized carbons (Fsp3) is 0.310. The van der Waals surface area contributed by atoms with E-state index in [0.29, 0.717) is 29.9 Å². The second-order valence-electron chi connectivity index (χ2n) is 9.32. The molecule has 2 aromatic carbocycles. The van der Waals surface area contributed by atoms with Crippen LogP contribution in [0.3, 0.4) is 0 Å². The Morgan fingerprint density at radius 2 is 1.79 bits per heavy atom. The molecule has 1 unspecified atom stereocenters. The van der Waals surface area contributed by atoms with E-state index in [1.807, 2.05) is 54.6 Å². The Kier molecular flexibility index (Phi) is 6.19. The average molecular weight is 452 g/mol. The molecular formula is C29H29N3O2. The Hall–Kier alpha value is -3.46. The number of fused-ring (bicyclic) bond motifs is 3. The topological polar surface area (TPSA) is 56.7 Å². The predicted molar refractivity (Wildman–Crippen MR) is 134 cm³/mol. The van der Waals surface area contributed by atoms with Crippen LogP contribution >= 0.6 is 0 Å². The van der Waals surface area contributed by atoms with E-state index in [0.717, 1.165) is 37.1 Å². The number of pyridine rings is 1. The fourth-order valence-electron chi connectivity index (χ4n) is 4.98. The zero-order valence-electron chi connectivity index (χ0n) is 19.4. The third-order valence-electron chi connectivity index (χ3n) is 7.03. The van der Waals surface area contributed by atoms with Crippen LogP contribution in [0.1, 0.15) is 40.0 Å². The van der Waals surface area contributed by atoms with Gasteiger partial charge in [0.2, 0.25) is 0 Å². The molecule has 0 saturated carbocycles. The van der Waals surface area contributed by atoms with Gasteiger partial charge in [0, 0.05) is 31.5 Å². The zero-order valence-corrected chi connectivity index (χ0v) is 19.4. The molecule has 172 valence electrons. The summed E-state index contributed by atoms with van der Waals surface area (Å²) >= 11 is 0. The maximum atomic E-state index is 13.0. The normalized spacial score (nSPS) is 23.1. The lowest BCUT2D eigenvalue weighted by Gasteiger charge is -2.47. The van der Waals surface area contributed by atoms with Gasteiger partial charge in [0.1, 0.15) is 11.3 Å². The number of anilines is 1. The Balaban J connectivity index is 1.47. The number of amides is 1. The number of aliphatic hydroxyl groups is 1. The van der Waals surface area contributed by atoms with Crippen molar-refractivity contribution in [3.63, 3.8) is 0 Å². The van der Waals surface area contributed by atoms with Crippen LogP contribution in [0.4, 0.5) is 5.69 Å². The van der Waals surface area contributed by atoms with Gasteiger partial charge in [-0.2, -0.15) is 0 Å². The van der Waals surface area contributed by atoms with E-state index < -0.39 is 5.60 Å². The van der Waals surface area contributed by atoms with Crippen molar-refractivity contribution in [2.24, 2.45) is 5.92 Å². The summed E-state index contributed by atoms with van der Waals surface area (Å²) in [6.07, 6.45) is 4.31. The van der Waals surface area contributed by atoms with Gasteiger partial charge < -0.3 is 10.0 Å². The molecule has 3 saturated heterocycles. The first-order chi connectivity index (χ1) is 16.5. The van der Waals surface area contributed by atoms with E-state index >= 15 is 0 Å². The molecule has 2 bridgehead atoms. The first kappa shape index (κ1) is 22.3. The zero-order chi connectivity index (χ0) is 23.5. The van der Waals surface area contributed by atoms with Gasteiger partial charge in [-0.25, -0.2) is 4.98 Å². The van der Waals surface area contributed by atoms with Crippen LogP contribution in [0, 0.1) is 17.8 Å². The summed E-state index contributed by atoms with van der Waals surface area (Å²) in [5.41, 5.74) is 3.09. The molecule has 3 fully saturated rings. The van der Waals surface area contributed by atoms with Crippen molar-refractivity contribution in [3.05, 3.63) is 95.3 Å². The highest BCUT2D eigenvalue weighted by atomic mass is 16.3. The molecule has 34 heavy (non-hydrogen) atoms. The lowest BCUT2D eigenvalue weighted by molar-refractivity contribution is -0.0713. The quantitative estimate of drug-likeness (QED) is 0.614. The molecule has 6 rings (SSSR count). The summed E-state index contributed by atoms with van der Waals surface area (Å²) in [6.45, 7) is 2.69. The van der Waals surface area contributed by atoms with Crippen molar-refractivity contribution in [2.45, 2.75) is 24.9 Å². The summed E-state index contributed by atoms with van der Waals surface area (Å²) in [4.78, 5) is 21.5. The van der Waals surface area contributed by atoms with Gasteiger partial charge in [-0.1, -0.05) is 54.5 Å². The average Bonchev–Trinajstić information content (AvgIpc) is 2.89. The molecule has 0 radical (unpaired) electrons. The SMILES string of the molecule is CN(C(=O)c1ccccc1)c1cnc(C#CC2(O)CN3CCC2CC3)c(Cc2ccccc2)c1. The first-order valence-corrected chi connectivity index (χ1v) is 11.9. The van der Waals surface area contributed by atoms with Gasteiger partial charge in [-0.3, -0.25) is 9.69 Å². The lowest BCUT2D eigenvalue weighted by Crippen LogP contribution is -2.58. The molecule has 3 aliphatic heterocycles. The van der Waals surface area contributed by atoms with Gasteiger partial charge in [0.05, 0.1) is 11.9 Å². The maximum Gasteiger partial charge on any atom is 0.258 e. The predicted octanol–water partition coefficient (Wildman–Crippen LogP) is 3.76. The Labute approximate surface area is 201 Å². The van der Waals surface area contributed by atoms with E-state index in [4.69, 9.17) is 0 Å². The molecule has 1 amide bonds. The Morgan fingerprint density at radius 3 is 2.44 bits per heavy atom. The molecule has 1 N–H and O–H groups in total. The number of aromatic nitrogens is 1. The van der Waals surface area contributed by atoms with Gasteiger partial charge in [0.15, 0.2) is 0 Å². The van der Waals surface area contributed by atoms with Gasteiger partial charge in [-0.05, 0) is 61.2 Å². The van der Waals surface area contributed by atoms with Crippen molar-refractivity contribution in [1.29, 1.82) is 0 Å². The number of hydrogen-bond acceptors (Lipinski definition) is 4. The lowest BCUT2D eigenvalue weighted by atomic mass is 9.76. The van der Waals surface area contributed by atoms with Gasteiger partial charge in [0.25, 0.3) is 5.91 Å². The highest BCUT2D eigenvalue weighted by molar-refractivity contribution is 6.05. The molecule has 3 aromatic rings. The van der Waals surface area contributed by atoms with Crippen LogP contribution in [-0.2, 0) is 6.42 Å². The highest BCUT2D eigenvalue weighted by Gasteiger charge is 2.44. The number of benzene rings is 2. The molecule has 3 aliphatic rings. The van der Waals surface area contributed by atoms with Crippen LogP contribution in [0.15, 0.2) is 72.9 Å². The second-order valence-corrected chi connectivity index (χ2v) is 9.32. The minimum atomic E-state index is -0.985. The van der Waals surface area contributed by atoms with Crippen LogP contribution < -0.4 is 4.90 Å². The van der Waals surface area contributed by atoms with E-state index in [1.54, 1.807) is 18.1 Å². The third-order valence-corrected chi connectivity index (χ3v) is 7.03. The molecule has 5 heteroatoms. The fourth-order valence-corrected chi connectivity index (χ4v) is 4.98. The smallest absolute Gasteiger partial charge is 0.258 e. The largest absolute Gasteiger partial charge is 0.376 e. The molecule has 5 nitrogen and oxygen atoms in total. The summed E-state index contributed by atoms with van der Waals surface area (Å²) < 4.78 is 0. The number of hydrogen-bond donors (Lipinski definition) is 1. The summed E-state index contributed by atoms with van der Waals surface area (Å²) in [6, 6.07) is 21.4. The van der Waals surface area contributed by atoms with Crippen molar-refractivity contribution in [3.8, 4) is 11.8 Å². The van der Waals surface area contributed by atoms with Gasteiger partial charge in [-0.15, -0.1) is 0 Å². The van der Waals surface area contributed by atoms with Crippen molar-refractivity contribution in [1.82, 2.24) is 9.88 Å². The molecule has 0 spiro atoms. The number of nitrogens with zero attached hydrogens (tertiary/aromatic N) is 3. The molecular weight excluding hydrogens is 422 g/mol. The maximum absolute atomic E-state index is 13.0. The minimum Gasteiger partial charge on any atom is -0.376 e. The van der Waals surface area contributed by atoms with Crippen LogP contribution in [0.5, 0.6) is 0 Å². The summed E-state index contributed by atoms with van der Waals surface area (Å²) in [5.74, 6) is 6.53. The van der Waals surface area contributed by atoms with Crippen LogP contribution in [0.2, 0.25) is 0 Å². The van der Waals surface area contributed by atoms with Crippen LogP contribution in [-0.4, -0.2) is 53.2 Å². The number of carbonyl (C=O) groups is 1. The van der Waals surface area contributed by atoms with E-state index in [1.165, 1.54) is 0 Å². The first-order valence-electron chi connectivity index (χ1n) is 11.9. The van der Waals surface area contributed by atoms with Crippen molar-refractivity contribution >= 4 is 11.6 Å². The van der Waals surface area contributed by atoms with E-state index in [9.17, 15) is 9.90 Å². The summed E-state index contributed by atoms with van der Waals surface area (Å²) in [7, 11) is 1.76. The van der Waals surface area contributed by atoms with Crippen LogP contribution in [0.25, 0.3) is 0 Å². The third kappa shape index (κ3) is 4.61. The van der Waals surface area contributed by atoms with Gasteiger partial charge >= 0.3 is 0 Å². The van der Waals surface area contributed by atoms with Crippen molar-refractivity contribution < 1.29 is 9.90 Å². The van der Waals surface area contributed by atoms with E-state index in [-0.39, 0.29) is 11.8 Å². The number of piperidine rings is 3. The summed E-state index contributed by atoms with van der Waals surface area (Å²) in [5, 5.41) is 11.2. The van der Waals surface area contributed by atoms with E-state index in [2.05, 4.69) is 33.9 Å². The second kappa shape index (κ2) is 9.42. The molecule has 1 aromatic heterocycles. The van der Waals surface area contributed by atoms with Crippen molar-refractivity contribution in [2.75, 3.05) is 31.6 Å². The minimum absolute atomic E-state index is 0.0894. The molecule has 0 aliphatic carbocycles. The Morgan fingerprint density at radius 1 is 1.12 bits per heavy atom. The number of carbonyl (C=O) groups excluding carboxylic acids is 1. The molecule has 1 atom stereocenters. The number of rotatable bonds is 4.